The second-order valence-corrected chi connectivity index (χ2v) is 13.1. The van der Waals surface area contributed by atoms with Crippen molar-refractivity contribution in [2.24, 2.45) is 0 Å². The van der Waals surface area contributed by atoms with E-state index in [2.05, 4.69) is 10.6 Å². The third kappa shape index (κ3) is 6.12. The number of phenolic OH excluding ortho intramolecular Hbond substituents is 1. The Labute approximate surface area is 293 Å². The number of benzene rings is 5. The second kappa shape index (κ2) is 14.4. The number of phenols is 1. The lowest BCUT2D eigenvalue weighted by atomic mass is 9.83. The van der Waals surface area contributed by atoms with E-state index in [1.807, 2.05) is 13.0 Å². The molecule has 5 N–H and O–H groups in total. The van der Waals surface area contributed by atoms with E-state index in [0.717, 1.165) is 5.57 Å². The maximum absolute atomic E-state index is 14.9. The number of ether oxygens (including phenoxy) is 3. The van der Waals surface area contributed by atoms with Gasteiger partial charge in [-0.3, -0.25) is 19.2 Å². The summed E-state index contributed by atoms with van der Waals surface area (Å²) >= 11 is 0. The summed E-state index contributed by atoms with van der Waals surface area (Å²) in [5.74, 6) is -1.09. The van der Waals surface area contributed by atoms with Crippen molar-refractivity contribution in [3.8, 4) is 23.0 Å². The molecule has 0 saturated heterocycles. The fourth-order valence-corrected chi connectivity index (χ4v) is 7.66. The van der Waals surface area contributed by atoms with Gasteiger partial charge in [0.15, 0.2) is 5.75 Å². The molecular weight excluding hydrogens is 656 g/mol. The van der Waals surface area contributed by atoms with Crippen molar-refractivity contribution in [2.45, 2.75) is 64.7 Å². The van der Waals surface area contributed by atoms with Gasteiger partial charge >= 0.3 is 11.9 Å². The minimum atomic E-state index is -0.850. The molecule has 5 aromatic carbocycles. The van der Waals surface area contributed by atoms with Crippen molar-refractivity contribution < 1.29 is 39.1 Å². The van der Waals surface area contributed by atoms with Crippen molar-refractivity contribution in [1.82, 2.24) is 0 Å². The summed E-state index contributed by atoms with van der Waals surface area (Å²) in [6, 6.07) is 3.17. The molecule has 0 heterocycles. The zero-order valence-corrected chi connectivity index (χ0v) is 29.2. The number of carboxylic acids is 2. The van der Waals surface area contributed by atoms with E-state index in [1.54, 1.807) is 6.07 Å². The molecule has 0 fully saturated rings. The Bertz CT molecular complexity index is 2330. The van der Waals surface area contributed by atoms with Crippen LogP contribution in [0.15, 0.2) is 27.3 Å². The highest BCUT2D eigenvalue weighted by molar-refractivity contribution is 6.39. The Hall–Kier alpha value is -5.52. The monoisotopic (exact) mass is 698 g/mol. The molecule has 268 valence electrons. The van der Waals surface area contributed by atoms with E-state index < -0.39 is 17.4 Å². The molecular formula is C39H42N2O10. The lowest BCUT2D eigenvalue weighted by molar-refractivity contribution is -0.138. The Morgan fingerprint density at radius 3 is 1.86 bits per heavy atom. The predicted molar refractivity (Wildman–Crippen MR) is 199 cm³/mol. The van der Waals surface area contributed by atoms with Crippen LogP contribution in [0.5, 0.6) is 23.0 Å². The molecule has 0 saturated carbocycles. The molecule has 51 heavy (non-hydrogen) atoms. The molecule has 0 radical (unpaired) electrons. The number of hydrogen-bond donors (Lipinski definition) is 5. The van der Waals surface area contributed by atoms with Gasteiger partial charge in [0.1, 0.15) is 17.2 Å². The van der Waals surface area contributed by atoms with Gasteiger partial charge in [0.25, 0.3) is 0 Å². The van der Waals surface area contributed by atoms with E-state index in [0.29, 0.717) is 130 Å². The summed E-state index contributed by atoms with van der Waals surface area (Å²) in [6.07, 6.45) is 6.17. The number of allylic oxidation sites excluding steroid dienone is 1. The third-order valence-corrected chi connectivity index (χ3v) is 9.81. The van der Waals surface area contributed by atoms with E-state index in [9.17, 15) is 24.3 Å². The maximum Gasteiger partial charge on any atom is 0.303 e. The first-order valence-corrected chi connectivity index (χ1v) is 17.2. The molecule has 0 atom stereocenters. The summed E-state index contributed by atoms with van der Waals surface area (Å²) in [6.45, 7) is 2.83. The van der Waals surface area contributed by atoms with Crippen LogP contribution in [0, 0.1) is 0 Å². The number of aromatic hydroxyl groups is 1. The van der Waals surface area contributed by atoms with Crippen LogP contribution in [0.3, 0.4) is 0 Å². The van der Waals surface area contributed by atoms with Gasteiger partial charge < -0.3 is 40.2 Å². The summed E-state index contributed by atoms with van der Waals surface area (Å²) in [5.41, 5.74) is 2.37. The van der Waals surface area contributed by atoms with Crippen LogP contribution < -0.4 is 35.7 Å². The minimum Gasteiger partial charge on any atom is -0.507 e. The van der Waals surface area contributed by atoms with Gasteiger partial charge in [-0.1, -0.05) is 24.5 Å². The van der Waals surface area contributed by atoms with E-state index in [4.69, 9.17) is 24.4 Å². The van der Waals surface area contributed by atoms with Crippen LogP contribution in [0.4, 0.5) is 11.4 Å². The predicted octanol–water partition coefficient (Wildman–Crippen LogP) is 6.70. The van der Waals surface area contributed by atoms with Crippen LogP contribution in [0.1, 0.15) is 69.4 Å². The smallest absolute Gasteiger partial charge is 0.303 e. The number of nitrogens with one attached hydrogen (secondary N) is 2. The normalized spacial score (nSPS) is 12.5. The first-order valence-electron chi connectivity index (χ1n) is 17.2. The molecule has 6 rings (SSSR count). The van der Waals surface area contributed by atoms with Crippen LogP contribution in [-0.2, 0) is 16.0 Å². The molecule has 1 aliphatic rings. The largest absolute Gasteiger partial charge is 0.507 e. The van der Waals surface area contributed by atoms with E-state index >= 15 is 0 Å². The average Bonchev–Trinajstić information content (AvgIpc) is 3.24. The van der Waals surface area contributed by atoms with Crippen molar-refractivity contribution in [2.75, 3.05) is 45.1 Å². The van der Waals surface area contributed by atoms with E-state index in [-0.39, 0.29) is 35.2 Å². The van der Waals surface area contributed by atoms with Crippen molar-refractivity contribution >= 4 is 72.5 Å². The number of aliphatic carboxylic acids is 2. The number of methoxy groups -OCH3 is 3. The number of rotatable bonds is 17. The van der Waals surface area contributed by atoms with Crippen molar-refractivity contribution in [3.63, 3.8) is 0 Å². The molecule has 1 aliphatic carbocycles. The van der Waals surface area contributed by atoms with E-state index in [1.165, 1.54) is 27.4 Å². The van der Waals surface area contributed by atoms with Crippen LogP contribution in [0.2, 0.25) is 0 Å². The maximum atomic E-state index is 14.9. The minimum absolute atomic E-state index is 0.0715. The van der Waals surface area contributed by atoms with Gasteiger partial charge in [0.2, 0.25) is 10.9 Å². The molecule has 5 aromatic rings. The number of unbranched alkanes of at least 4 members (excludes halogenated alkanes) is 4. The van der Waals surface area contributed by atoms with Gasteiger partial charge in [-0.05, 0) is 44.4 Å². The van der Waals surface area contributed by atoms with Gasteiger partial charge in [-0.25, -0.2) is 0 Å². The Morgan fingerprint density at radius 1 is 0.686 bits per heavy atom. The van der Waals surface area contributed by atoms with Gasteiger partial charge in [-0.15, -0.1) is 0 Å². The SMILES string of the molecule is COc1c2c3c4c(c(NCCCCCC(=O)O)c(=O)c5c(NCCCCCC(=O)O)cc(OC)c(c6c(OC)cc(O)c(c1=O)c63)c54)C=C(C)C2. The molecule has 0 spiro atoms. The lowest BCUT2D eigenvalue weighted by Crippen LogP contribution is -2.18. The fraction of sp³-hybridized carbons (Fsp3) is 0.385. The number of fused-ring (bicyclic) bond motifs is 1. The zero-order valence-electron chi connectivity index (χ0n) is 29.2. The lowest BCUT2D eigenvalue weighted by Gasteiger charge is -2.24. The zero-order chi connectivity index (χ0) is 36.6. The summed E-state index contributed by atoms with van der Waals surface area (Å²) < 4.78 is 17.7. The van der Waals surface area contributed by atoms with Crippen LogP contribution >= 0.6 is 0 Å². The summed E-state index contributed by atoms with van der Waals surface area (Å²) in [7, 11) is 4.45. The van der Waals surface area contributed by atoms with Gasteiger partial charge in [0.05, 0.1) is 37.8 Å². The Kier molecular flexibility index (Phi) is 9.95. The molecule has 0 aromatic heterocycles. The van der Waals surface area contributed by atoms with Gasteiger partial charge in [-0.2, -0.15) is 0 Å². The van der Waals surface area contributed by atoms with Crippen molar-refractivity contribution in [3.05, 3.63) is 49.3 Å². The Balaban J connectivity index is 1.72. The number of anilines is 2. The molecule has 0 amide bonds. The first kappa shape index (κ1) is 35.3. The van der Waals surface area contributed by atoms with Gasteiger partial charge in [0, 0.05) is 81.8 Å². The number of carbonyl (C=O) groups is 2. The second-order valence-electron chi connectivity index (χ2n) is 13.1. The highest BCUT2D eigenvalue weighted by atomic mass is 16.5. The highest BCUT2D eigenvalue weighted by Gasteiger charge is 2.32. The average molecular weight is 699 g/mol. The standard InChI is InChI=1S/C39H42N2O10/c1-19-15-20-28-29-21(16-19)39(51-4)38(48)31-23(42)18-25(50-3)33(35(29)31)32-24(49-2)17-22(40-13-9-5-7-11-26(43)44)30(34(28)32)37(47)36(20)41-14-10-6-8-12-27(45)46/h15,17-18,40-42H,5-14,16H2,1-4H3,(H,43,44)(H,45,46). The fourth-order valence-electron chi connectivity index (χ4n) is 7.66. The molecule has 0 bridgehead atoms. The molecule has 12 nitrogen and oxygen atoms in total. The molecule has 0 unspecified atom stereocenters. The van der Waals surface area contributed by atoms with Crippen LogP contribution in [0.25, 0.3) is 49.2 Å². The topological polar surface area (TPSA) is 181 Å². The quantitative estimate of drug-likeness (QED) is 0.0395. The molecule has 0 aliphatic heterocycles. The summed E-state index contributed by atoms with van der Waals surface area (Å²) in [4.78, 5) is 51.1. The third-order valence-electron chi connectivity index (χ3n) is 9.81. The van der Waals surface area contributed by atoms with Crippen molar-refractivity contribution in [1.29, 1.82) is 0 Å². The number of hydrogen-bond acceptors (Lipinski definition) is 10. The summed E-state index contributed by atoms with van der Waals surface area (Å²) in [5, 5.41) is 40.4. The Morgan fingerprint density at radius 2 is 1.27 bits per heavy atom. The van der Waals surface area contributed by atoms with Crippen LogP contribution in [-0.4, -0.2) is 61.7 Å². The molecule has 12 heteroatoms. The number of carboxylic acid groups (broad SMARTS) is 2. The first-order chi connectivity index (χ1) is 24.5. The highest BCUT2D eigenvalue weighted by Crippen LogP contribution is 2.54.